The topological polar surface area (TPSA) is 90.4 Å². The maximum absolute atomic E-state index is 11.4. The number of rotatable bonds is 3. The normalized spacial score (nSPS) is 32.5. The number of benzene rings is 1. The number of carbonyl (C=O) groups excluding carboxylic acids is 1. The fourth-order valence-electron chi connectivity index (χ4n) is 2.96. The van der Waals surface area contributed by atoms with Gasteiger partial charge >= 0.3 is 0 Å². The van der Waals surface area contributed by atoms with Crippen LogP contribution in [0.15, 0.2) is 22.7 Å². The molecule has 1 saturated carbocycles. The van der Waals surface area contributed by atoms with Crippen molar-refractivity contribution >= 4 is 27.5 Å². The van der Waals surface area contributed by atoms with Gasteiger partial charge in [-0.15, -0.1) is 0 Å². The Labute approximate surface area is 119 Å². The lowest BCUT2D eigenvalue weighted by atomic mass is 9.72. The van der Waals surface area contributed by atoms with Crippen LogP contribution in [0.2, 0.25) is 0 Å². The fourth-order valence-corrected chi connectivity index (χ4v) is 3.32. The number of carbonyl (C=O) groups is 1. The molecule has 3 rings (SSSR count). The van der Waals surface area contributed by atoms with E-state index in [9.17, 15) is 4.79 Å². The van der Waals surface area contributed by atoms with Crippen LogP contribution in [0.5, 0.6) is 0 Å². The van der Waals surface area contributed by atoms with Crippen LogP contribution < -0.4 is 16.8 Å². The van der Waals surface area contributed by atoms with Gasteiger partial charge in [0.2, 0.25) is 0 Å². The van der Waals surface area contributed by atoms with Crippen molar-refractivity contribution in [3.63, 3.8) is 0 Å². The van der Waals surface area contributed by atoms with E-state index in [1.54, 1.807) is 12.1 Å². The first kappa shape index (κ1) is 12.9. The van der Waals surface area contributed by atoms with Gasteiger partial charge in [-0.25, -0.2) is 0 Å². The van der Waals surface area contributed by atoms with Crippen LogP contribution >= 0.6 is 15.9 Å². The Morgan fingerprint density at radius 2 is 2.26 bits per heavy atom. The molecule has 1 aliphatic heterocycles. The van der Waals surface area contributed by atoms with E-state index in [1.807, 2.05) is 6.07 Å². The van der Waals surface area contributed by atoms with Crippen LogP contribution in [0.3, 0.4) is 0 Å². The third kappa shape index (κ3) is 2.13. The number of nitrogens with two attached hydrogens (primary N) is 2. The summed E-state index contributed by atoms with van der Waals surface area (Å²) in [5.41, 5.74) is 12.7. The van der Waals surface area contributed by atoms with Gasteiger partial charge in [0.05, 0.1) is 17.7 Å². The molecule has 0 radical (unpaired) electrons. The van der Waals surface area contributed by atoms with E-state index in [-0.39, 0.29) is 18.2 Å². The van der Waals surface area contributed by atoms with Gasteiger partial charge in [-0.2, -0.15) is 0 Å². The number of hydrogen-bond acceptors (Lipinski definition) is 4. The zero-order chi connectivity index (χ0) is 13.6. The molecule has 1 aromatic rings. The SMILES string of the molecule is NC(=O)c1ccc(Br)cc1NC1C(N)C2CCOC21. The van der Waals surface area contributed by atoms with Crippen molar-refractivity contribution in [2.45, 2.75) is 24.6 Å². The molecule has 1 heterocycles. The molecule has 1 amide bonds. The highest BCUT2D eigenvalue weighted by Gasteiger charge is 2.52. The maximum atomic E-state index is 11.4. The van der Waals surface area contributed by atoms with Gasteiger partial charge in [0.1, 0.15) is 0 Å². The van der Waals surface area contributed by atoms with Crippen molar-refractivity contribution in [3.8, 4) is 0 Å². The zero-order valence-corrected chi connectivity index (χ0v) is 11.9. The summed E-state index contributed by atoms with van der Waals surface area (Å²) < 4.78 is 6.55. The Morgan fingerprint density at radius 3 is 3.00 bits per heavy atom. The summed E-state index contributed by atoms with van der Waals surface area (Å²) in [6.45, 7) is 0.766. The molecule has 5 N–H and O–H groups in total. The van der Waals surface area contributed by atoms with Crippen LogP contribution in [0.1, 0.15) is 16.8 Å². The van der Waals surface area contributed by atoms with E-state index in [4.69, 9.17) is 16.2 Å². The van der Waals surface area contributed by atoms with Gasteiger partial charge in [0.25, 0.3) is 5.91 Å². The highest BCUT2D eigenvalue weighted by atomic mass is 79.9. The minimum absolute atomic E-state index is 0.0416. The van der Waals surface area contributed by atoms with Crippen LogP contribution in [0.25, 0.3) is 0 Å². The fraction of sp³-hybridized carbons (Fsp3) is 0.462. The summed E-state index contributed by atoms with van der Waals surface area (Å²) in [5.74, 6) is -0.0199. The lowest BCUT2D eigenvalue weighted by Crippen LogP contribution is -2.65. The van der Waals surface area contributed by atoms with Gasteiger partial charge in [0, 0.05) is 28.7 Å². The number of halogens is 1. The molecule has 4 atom stereocenters. The van der Waals surface area contributed by atoms with E-state index in [1.165, 1.54) is 0 Å². The summed E-state index contributed by atoms with van der Waals surface area (Å²) in [6, 6.07) is 5.44. The second-order valence-electron chi connectivity index (χ2n) is 5.09. The molecule has 1 aliphatic carbocycles. The van der Waals surface area contributed by atoms with E-state index in [0.29, 0.717) is 17.2 Å². The number of nitrogens with one attached hydrogen (secondary N) is 1. The molecule has 0 spiro atoms. The lowest BCUT2D eigenvalue weighted by Gasteiger charge is -2.46. The van der Waals surface area contributed by atoms with E-state index in [2.05, 4.69) is 21.2 Å². The van der Waals surface area contributed by atoms with Gasteiger partial charge < -0.3 is 21.5 Å². The molecular formula is C13H16BrN3O2. The average Bonchev–Trinajstić information content (AvgIpc) is 2.80. The van der Waals surface area contributed by atoms with Gasteiger partial charge in [-0.1, -0.05) is 15.9 Å². The molecule has 4 unspecified atom stereocenters. The predicted molar refractivity (Wildman–Crippen MR) is 75.9 cm³/mol. The molecule has 102 valence electrons. The molecular weight excluding hydrogens is 310 g/mol. The largest absolute Gasteiger partial charge is 0.377 e. The number of fused-ring (bicyclic) bond motifs is 1. The standard InChI is InChI=1S/C13H16BrN3O2/c14-6-1-2-7(13(16)18)9(5-6)17-11-10(15)8-3-4-19-12(8)11/h1-2,5,8,10-12,17H,3-4,15H2,(H2,16,18). The van der Waals surface area contributed by atoms with Crippen molar-refractivity contribution in [1.29, 1.82) is 0 Å². The summed E-state index contributed by atoms with van der Waals surface area (Å²) in [7, 11) is 0. The predicted octanol–water partition coefficient (Wildman–Crippen LogP) is 1.07. The van der Waals surface area contributed by atoms with E-state index in [0.717, 1.165) is 17.5 Å². The first-order valence-electron chi connectivity index (χ1n) is 6.31. The minimum Gasteiger partial charge on any atom is -0.377 e. The second kappa shape index (κ2) is 4.77. The maximum Gasteiger partial charge on any atom is 0.250 e. The van der Waals surface area contributed by atoms with Crippen molar-refractivity contribution in [3.05, 3.63) is 28.2 Å². The Hall–Kier alpha value is -1.11. The summed E-state index contributed by atoms with van der Waals surface area (Å²) in [4.78, 5) is 11.4. The molecule has 0 bridgehead atoms. The number of hydrogen-bond donors (Lipinski definition) is 3. The third-order valence-corrected chi connectivity index (χ3v) is 4.51. The van der Waals surface area contributed by atoms with Crippen molar-refractivity contribution in [1.82, 2.24) is 0 Å². The first-order valence-corrected chi connectivity index (χ1v) is 7.10. The van der Waals surface area contributed by atoms with Crippen LogP contribution in [0, 0.1) is 5.92 Å². The molecule has 6 heteroatoms. The number of amides is 1. The Bertz CT molecular complexity index is 523. The highest BCUT2D eigenvalue weighted by molar-refractivity contribution is 9.10. The number of anilines is 1. The molecule has 2 aliphatic rings. The van der Waals surface area contributed by atoms with Crippen molar-refractivity contribution < 1.29 is 9.53 Å². The zero-order valence-electron chi connectivity index (χ0n) is 10.3. The van der Waals surface area contributed by atoms with Gasteiger partial charge in [-0.05, 0) is 24.6 Å². The Balaban J connectivity index is 1.83. The molecule has 19 heavy (non-hydrogen) atoms. The minimum atomic E-state index is -0.452. The van der Waals surface area contributed by atoms with Crippen molar-refractivity contribution in [2.24, 2.45) is 17.4 Å². The monoisotopic (exact) mass is 325 g/mol. The van der Waals surface area contributed by atoms with Crippen LogP contribution in [-0.2, 0) is 4.74 Å². The van der Waals surface area contributed by atoms with E-state index >= 15 is 0 Å². The molecule has 0 aromatic heterocycles. The molecule has 1 saturated heterocycles. The smallest absolute Gasteiger partial charge is 0.250 e. The van der Waals surface area contributed by atoms with Crippen LogP contribution in [0.4, 0.5) is 5.69 Å². The average molecular weight is 326 g/mol. The second-order valence-corrected chi connectivity index (χ2v) is 6.01. The lowest BCUT2D eigenvalue weighted by molar-refractivity contribution is 0.00534. The van der Waals surface area contributed by atoms with Crippen LogP contribution in [-0.4, -0.2) is 30.7 Å². The number of primary amides is 1. The number of ether oxygens (including phenoxy) is 1. The summed E-state index contributed by atoms with van der Waals surface area (Å²) in [5, 5.41) is 3.31. The van der Waals surface area contributed by atoms with Crippen molar-refractivity contribution in [2.75, 3.05) is 11.9 Å². The summed E-state index contributed by atoms with van der Waals surface area (Å²) >= 11 is 3.39. The third-order valence-electron chi connectivity index (χ3n) is 4.02. The quantitative estimate of drug-likeness (QED) is 0.775. The summed E-state index contributed by atoms with van der Waals surface area (Å²) in [6.07, 6.45) is 1.17. The van der Waals surface area contributed by atoms with Gasteiger partial charge in [-0.3, -0.25) is 4.79 Å². The Morgan fingerprint density at radius 1 is 1.47 bits per heavy atom. The molecule has 5 nitrogen and oxygen atoms in total. The van der Waals surface area contributed by atoms with Gasteiger partial charge in [0.15, 0.2) is 0 Å². The first-order chi connectivity index (χ1) is 9.08. The highest BCUT2D eigenvalue weighted by Crippen LogP contribution is 2.39. The molecule has 1 aromatic carbocycles. The Kier molecular flexibility index (Phi) is 3.24. The molecule has 2 fully saturated rings. The van der Waals surface area contributed by atoms with E-state index < -0.39 is 5.91 Å².